The Bertz CT molecular complexity index is 1590. The van der Waals surface area contributed by atoms with E-state index in [2.05, 4.69) is 24.8 Å². The Hall–Kier alpha value is -3.91. The molecule has 0 saturated carbocycles. The summed E-state index contributed by atoms with van der Waals surface area (Å²) < 4.78 is 74.1. The van der Waals surface area contributed by atoms with Gasteiger partial charge in [-0.1, -0.05) is 0 Å². The van der Waals surface area contributed by atoms with Crippen molar-refractivity contribution in [3.63, 3.8) is 0 Å². The molecule has 0 bridgehead atoms. The van der Waals surface area contributed by atoms with Gasteiger partial charge in [0.15, 0.2) is 16.8 Å². The highest BCUT2D eigenvalue weighted by atomic mass is 32.2. The number of hydrogen-bond acceptors (Lipinski definition) is 9. The first-order chi connectivity index (χ1) is 18.2. The van der Waals surface area contributed by atoms with E-state index in [1.165, 1.54) is 13.3 Å². The molecule has 0 spiro atoms. The van der Waals surface area contributed by atoms with Gasteiger partial charge in [-0.05, 0) is 44.4 Å². The molecule has 4 aromatic rings. The first kappa shape index (κ1) is 25.7. The smallest absolute Gasteiger partial charge is 0.268 e. The van der Waals surface area contributed by atoms with E-state index in [1.54, 1.807) is 10.7 Å². The number of halogens is 2. The zero-order chi connectivity index (χ0) is 26.9. The van der Waals surface area contributed by atoms with Gasteiger partial charge in [0.05, 0.1) is 25.2 Å². The highest BCUT2D eigenvalue weighted by molar-refractivity contribution is 7.92. The molecule has 1 saturated heterocycles. The molecule has 0 aromatic carbocycles. The Balaban J connectivity index is 1.34. The molecule has 1 aliphatic rings. The maximum absolute atomic E-state index is 14.5. The lowest BCUT2D eigenvalue weighted by molar-refractivity contribution is -0.0371. The Morgan fingerprint density at radius 2 is 2.03 bits per heavy atom. The Morgan fingerprint density at radius 1 is 1.18 bits per heavy atom. The Labute approximate surface area is 216 Å². The van der Waals surface area contributed by atoms with Crippen molar-refractivity contribution in [2.75, 3.05) is 18.4 Å². The van der Waals surface area contributed by atoms with Crippen molar-refractivity contribution < 1.29 is 31.4 Å². The van der Waals surface area contributed by atoms with Crippen molar-refractivity contribution in [3.05, 3.63) is 59.7 Å². The maximum Gasteiger partial charge on any atom is 0.268 e. The minimum atomic E-state index is -4.34. The quantitative estimate of drug-likeness (QED) is 0.350. The van der Waals surface area contributed by atoms with Crippen LogP contribution in [0.15, 0.2) is 41.6 Å². The Morgan fingerprint density at radius 3 is 2.79 bits per heavy atom. The lowest BCUT2D eigenvalue weighted by atomic mass is 10.2. The molecule has 38 heavy (non-hydrogen) atoms. The summed E-state index contributed by atoms with van der Waals surface area (Å²) in [6.07, 6.45) is 5.06. The number of methoxy groups -OCH3 is 1. The molecule has 5 heterocycles. The van der Waals surface area contributed by atoms with Crippen LogP contribution >= 0.6 is 0 Å². The van der Waals surface area contributed by atoms with E-state index in [1.807, 2.05) is 6.92 Å². The minimum Gasteiger partial charge on any atom is -0.486 e. The van der Waals surface area contributed by atoms with Crippen LogP contribution in [0.3, 0.4) is 0 Å². The average molecular weight is 547 g/mol. The van der Waals surface area contributed by atoms with Crippen molar-refractivity contribution in [2.45, 2.75) is 43.9 Å². The number of fused-ring (bicyclic) bond motifs is 1. The second-order valence-electron chi connectivity index (χ2n) is 8.57. The van der Waals surface area contributed by atoms with Crippen LogP contribution in [0.25, 0.3) is 11.0 Å². The zero-order valence-electron chi connectivity index (χ0n) is 20.5. The van der Waals surface area contributed by atoms with Gasteiger partial charge in [0.2, 0.25) is 5.88 Å². The summed E-state index contributed by atoms with van der Waals surface area (Å²) in [5, 5.41) is 5.34. The molecule has 0 amide bonds. The number of pyridine rings is 3. The van der Waals surface area contributed by atoms with Crippen LogP contribution in [0.2, 0.25) is 0 Å². The van der Waals surface area contributed by atoms with Gasteiger partial charge in [-0.25, -0.2) is 36.8 Å². The summed E-state index contributed by atoms with van der Waals surface area (Å²) in [5.41, 5.74) is 1.25. The average Bonchev–Trinajstić information content (AvgIpc) is 3.25. The van der Waals surface area contributed by atoms with Gasteiger partial charge in [-0.15, -0.1) is 0 Å². The van der Waals surface area contributed by atoms with Crippen LogP contribution in [-0.4, -0.2) is 46.9 Å². The number of nitrogens with zero attached hydrogens (tertiary/aromatic N) is 5. The predicted molar refractivity (Wildman–Crippen MR) is 131 cm³/mol. The summed E-state index contributed by atoms with van der Waals surface area (Å²) >= 11 is 0. The molecule has 14 heteroatoms. The van der Waals surface area contributed by atoms with Crippen molar-refractivity contribution >= 4 is 26.9 Å². The summed E-state index contributed by atoms with van der Waals surface area (Å²) in [7, 11) is -3.14. The lowest BCUT2D eigenvalue weighted by Crippen LogP contribution is -2.19. The SMILES string of the molecule is COc1ncc(F)cc1S(=O)(=O)Nc1ccc(F)c(COc2cnc3c(c2)c(C)nn3C2CCCCO2)n1. The van der Waals surface area contributed by atoms with Crippen LogP contribution in [0.1, 0.15) is 36.9 Å². The molecule has 1 unspecified atom stereocenters. The maximum atomic E-state index is 14.5. The first-order valence-corrected chi connectivity index (χ1v) is 13.2. The van der Waals surface area contributed by atoms with Crippen molar-refractivity contribution in [3.8, 4) is 11.6 Å². The van der Waals surface area contributed by atoms with Crippen LogP contribution in [-0.2, 0) is 21.4 Å². The summed E-state index contributed by atoms with van der Waals surface area (Å²) in [6, 6.07) is 4.69. The molecule has 4 aromatic heterocycles. The van der Waals surface area contributed by atoms with Gasteiger partial charge in [0.1, 0.15) is 35.5 Å². The molecule has 0 radical (unpaired) electrons. The molecule has 1 aliphatic heterocycles. The van der Waals surface area contributed by atoms with Gasteiger partial charge >= 0.3 is 0 Å². The van der Waals surface area contributed by atoms with Crippen LogP contribution in [0.5, 0.6) is 11.6 Å². The van der Waals surface area contributed by atoms with Crippen LogP contribution < -0.4 is 14.2 Å². The third kappa shape index (κ3) is 5.22. The third-order valence-corrected chi connectivity index (χ3v) is 7.28. The number of rotatable bonds is 8. The highest BCUT2D eigenvalue weighted by Gasteiger charge is 2.24. The number of ether oxygens (including phenoxy) is 3. The molecule has 11 nitrogen and oxygen atoms in total. The largest absolute Gasteiger partial charge is 0.486 e. The van der Waals surface area contributed by atoms with Crippen LogP contribution in [0, 0.1) is 18.6 Å². The normalized spacial score (nSPS) is 15.9. The number of anilines is 1. The standard InChI is InChI=1S/C24H24F2N6O5S/c1-14-17-10-16(12-27-23(17)32(30-14)22-5-3-4-8-36-22)37-13-19-18(26)6-7-21(29-19)31-38(33,34)20-9-15(25)11-28-24(20)35-2/h6-7,9-12,22H,3-5,8,13H2,1-2H3,(H,29,31). The van der Waals surface area contributed by atoms with Gasteiger partial charge in [0, 0.05) is 18.1 Å². The second-order valence-corrected chi connectivity index (χ2v) is 10.2. The third-order valence-electron chi connectivity index (χ3n) is 5.94. The van der Waals surface area contributed by atoms with Gasteiger partial charge in [-0.2, -0.15) is 5.10 Å². The van der Waals surface area contributed by atoms with Crippen molar-refractivity contribution in [1.29, 1.82) is 0 Å². The summed E-state index contributed by atoms with van der Waals surface area (Å²) in [5.74, 6) is -1.72. The summed E-state index contributed by atoms with van der Waals surface area (Å²) in [6.45, 7) is 2.22. The van der Waals surface area contributed by atoms with E-state index >= 15 is 0 Å². The molecule has 0 aliphatic carbocycles. The first-order valence-electron chi connectivity index (χ1n) is 11.7. The Kier molecular flexibility index (Phi) is 7.08. The number of nitrogens with one attached hydrogen (secondary N) is 1. The van der Waals surface area contributed by atoms with Gasteiger partial charge < -0.3 is 14.2 Å². The topological polar surface area (TPSA) is 130 Å². The van der Waals surface area contributed by atoms with E-state index < -0.39 is 26.6 Å². The predicted octanol–water partition coefficient (Wildman–Crippen LogP) is 3.90. The van der Waals surface area contributed by atoms with Crippen molar-refractivity contribution in [2.24, 2.45) is 0 Å². The second kappa shape index (κ2) is 10.5. The fourth-order valence-corrected chi connectivity index (χ4v) is 5.22. The van der Waals surface area contributed by atoms with Crippen LogP contribution in [0.4, 0.5) is 14.6 Å². The number of sulfonamides is 1. The lowest BCUT2D eigenvalue weighted by Gasteiger charge is -2.23. The molecular formula is C24H24F2N6O5S. The van der Waals surface area contributed by atoms with E-state index in [-0.39, 0.29) is 30.2 Å². The molecule has 5 rings (SSSR count). The number of hydrogen-bond donors (Lipinski definition) is 1. The van der Waals surface area contributed by atoms with E-state index in [9.17, 15) is 17.2 Å². The number of aryl methyl sites for hydroxylation is 1. The van der Waals surface area contributed by atoms with Gasteiger partial charge in [-0.3, -0.25) is 4.72 Å². The minimum absolute atomic E-state index is 0.155. The van der Waals surface area contributed by atoms with E-state index in [0.717, 1.165) is 54.7 Å². The molecule has 200 valence electrons. The molecular weight excluding hydrogens is 522 g/mol. The monoisotopic (exact) mass is 546 g/mol. The fraction of sp³-hybridized carbons (Fsp3) is 0.333. The highest BCUT2D eigenvalue weighted by Crippen LogP contribution is 2.29. The number of aromatic nitrogens is 5. The zero-order valence-corrected chi connectivity index (χ0v) is 21.3. The molecule has 1 N–H and O–H groups in total. The fourth-order valence-electron chi connectivity index (χ4n) is 4.09. The van der Waals surface area contributed by atoms with E-state index in [0.29, 0.717) is 18.0 Å². The van der Waals surface area contributed by atoms with Crippen molar-refractivity contribution in [1.82, 2.24) is 24.7 Å². The van der Waals surface area contributed by atoms with Gasteiger partial charge in [0.25, 0.3) is 10.0 Å². The van der Waals surface area contributed by atoms with E-state index in [4.69, 9.17) is 14.2 Å². The summed E-state index contributed by atoms with van der Waals surface area (Å²) in [4.78, 5) is 11.6. The molecule has 1 atom stereocenters. The molecule has 1 fully saturated rings.